The number of para-hydroxylation sites is 1. The number of esters is 1. The van der Waals surface area contributed by atoms with Crippen LogP contribution in [0.15, 0.2) is 69.7 Å². The third-order valence-corrected chi connectivity index (χ3v) is 4.77. The lowest BCUT2D eigenvalue weighted by Crippen LogP contribution is -2.19. The number of hydrogen-bond acceptors (Lipinski definition) is 9. The highest BCUT2D eigenvalue weighted by atomic mass is 32.2. The molecule has 164 valence electrons. The number of thioether (sulfide) groups is 1. The van der Waals surface area contributed by atoms with Crippen molar-refractivity contribution in [3.63, 3.8) is 0 Å². The maximum atomic E-state index is 12.1. The van der Waals surface area contributed by atoms with Gasteiger partial charge in [0, 0.05) is 11.8 Å². The summed E-state index contributed by atoms with van der Waals surface area (Å²) in [4.78, 5) is 35.3. The molecule has 2 N–H and O–H groups in total. The summed E-state index contributed by atoms with van der Waals surface area (Å²) in [6.45, 7) is 0. The maximum Gasteiger partial charge on any atom is 0.417 e. The van der Waals surface area contributed by atoms with E-state index < -0.39 is 18.0 Å². The first kappa shape index (κ1) is 22.6. The molecule has 1 aliphatic heterocycles. The second-order valence-corrected chi connectivity index (χ2v) is 7.06. The number of carbonyl (C=O) groups is 3. The van der Waals surface area contributed by atoms with Crippen molar-refractivity contribution in [2.24, 2.45) is 10.2 Å². The molecule has 3 rings (SSSR count). The smallest absolute Gasteiger partial charge is 0.417 e. The Morgan fingerprint density at radius 1 is 1.09 bits per heavy atom. The van der Waals surface area contributed by atoms with Crippen molar-refractivity contribution in [3.05, 3.63) is 65.1 Å². The summed E-state index contributed by atoms with van der Waals surface area (Å²) in [7, 11) is 2.66. The van der Waals surface area contributed by atoms with Gasteiger partial charge in [0.15, 0.2) is 16.7 Å². The summed E-state index contributed by atoms with van der Waals surface area (Å²) in [6.07, 6.45) is 1.84. The Labute approximate surface area is 187 Å². The van der Waals surface area contributed by atoms with Gasteiger partial charge in [0.1, 0.15) is 0 Å². The molecule has 0 atom stereocenters. The zero-order valence-corrected chi connectivity index (χ0v) is 17.8. The van der Waals surface area contributed by atoms with E-state index in [-0.39, 0.29) is 15.8 Å². The number of benzene rings is 2. The van der Waals surface area contributed by atoms with Crippen LogP contribution < -0.4 is 20.1 Å². The Morgan fingerprint density at radius 3 is 2.59 bits per heavy atom. The van der Waals surface area contributed by atoms with Crippen LogP contribution in [-0.4, -0.2) is 43.6 Å². The van der Waals surface area contributed by atoms with E-state index in [4.69, 9.17) is 9.47 Å². The minimum atomic E-state index is -0.660. The van der Waals surface area contributed by atoms with Crippen molar-refractivity contribution in [2.45, 2.75) is 0 Å². The molecule has 1 heterocycles. The average molecular weight is 454 g/mol. The Hall–Kier alpha value is -4.12. The second-order valence-electron chi connectivity index (χ2n) is 6.03. The molecule has 32 heavy (non-hydrogen) atoms. The summed E-state index contributed by atoms with van der Waals surface area (Å²) in [5, 5.41) is 13.2. The minimum absolute atomic E-state index is 0.155. The van der Waals surface area contributed by atoms with Crippen molar-refractivity contribution in [1.82, 2.24) is 5.32 Å². The van der Waals surface area contributed by atoms with E-state index in [1.54, 1.807) is 42.5 Å². The van der Waals surface area contributed by atoms with Crippen molar-refractivity contribution in [1.29, 1.82) is 0 Å². The number of amidine groups is 1. The van der Waals surface area contributed by atoms with Crippen LogP contribution in [-0.2, 0) is 14.3 Å². The SMILES string of the molecule is COC(=O)/C=C1/S/C(=N\N=Cc2ccc(OC(=O)Nc3ccccc3)c(OC)c2)NC1=O. The molecule has 10 nitrogen and oxygen atoms in total. The highest BCUT2D eigenvalue weighted by molar-refractivity contribution is 8.18. The van der Waals surface area contributed by atoms with Crippen LogP contribution in [0.1, 0.15) is 5.56 Å². The van der Waals surface area contributed by atoms with Crippen LogP contribution in [0, 0.1) is 0 Å². The second kappa shape index (κ2) is 10.8. The van der Waals surface area contributed by atoms with E-state index in [0.717, 1.165) is 17.8 Å². The fraction of sp³-hybridized carbons (Fsp3) is 0.0952. The Bertz CT molecular complexity index is 1110. The zero-order valence-electron chi connectivity index (χ0n) is 17.0. The molecule has 0 radical (unpaired) electrons. The first-order chi connectivity index (χ1) is 15.5. The number of nitrogens with zero attached hydrogens (tertiary/aromatic N) is 2. The van der Waals surface area contributed by atoms with Crippen molar-refractivity contribution in [3.8, 4) is 11.5 Å². The maximum absolute atomic E-state index is 12.1. The molecular formula is C21H18N4O6S. The molecule has 2 amide bonds. The van der Waals surface area contributed by atoms with E-state index in [9.17, 15) is 14.4 Å². The number of amides is 2. The van der Waals surface area contributed by atoms with Crippen molar-refractivity contribution >= 4 is 46.8 Å². The summed E-state index contributed by atoms with van der Waals surface area (Å²) in [6, 6.07) is 13.7. The van der Waals surface area contributed by atoms with Crippen LogP contribution in [0.25, 0.3) is 0 Å². The summed E-state index contributed by atoms with van der Waals surface area (Å²) in [5.41, 5.74) is 1.21. The number of methoxy groups -OCH3 is 2. The zero-order chi connectivity index (χ0) is 22.9. The monoisotopic (exact) mass is 454 g/mol. The first-order valence-corrected chi connectivity index (χ1v) is 9.92. The summed E-state index contributed by atoms with van der Waals surface area (Å²) >= 11 is 0.962. The van der Waals surface area contributed by atoms with E-state index in [1.165, 1.54) is 20.4 Å². The van der Waals surface area contributed by atoms with Crippen molar-refractivity contribution in [2.75, 3.05) is 19.5 Å². The molecule has 1 aliphatic rings. The average Bonchev–Trinajstić information content (AvgIpc) is 3.13. The van der Waals surface area contributed by atoms with Gasteiger partial charge in [-0.1, -0.05) is 18.2 Å². The largest absolute Gasteiger partial charge is 0.493 e. The predicted octanol–water partition coefficient (Wildman–Crippen LogP) is 2.92. The number of carbonyl (C=O) groups excluding carboxylic acids is 3. The van der Waals surface area contributed by atoms with E-state index in [2.05, 4.69) is 25.6 Å². The van der Waals surface area contributed by atoms with Gasteiger partial charge in [0.05, 0.1) is 25.3 Å². The lowest BCUT2D eigenvalue weighted by Gasteiger charge is -2.10. The molecule has 2 aromatic rings. The quantitative estimate of drug-likeness (QED) is 0.297. The van der Waals surface area contributed by atoms with Crippen LogP contribution >= 0.6 is 11.8 Å². The van der Waals surface area contributed by atoms with Crippen LogP contribution in [0.3, 0.4) is 0 Å². The molecule has 0 aromatic heterocycles. The van der Waals surface area contributed by atoms with Gasteiger partial charge in [0.2, 0.25) is 0 Å². The molecule has 0 spiro atoms. The number of anilines is 1. The Balaban J connectivity index is 1.64. The van der Waals surface area contributed by atoms with Gasteiger partial charge in [-0.25, -0.2) is 9.59 Å². The third-order valence-electron chi connectivity index (χ3n) is 3.87. The molecule has 2 aromatic carbocycles. The van der Waals surface area contributed by atoms with E-state index in [0.29, 0.717) is 17.0 Å². The third kappa shape index (κ3) is 6.19. The van der Waals surface area contributed by atoms with E-state index in [1.807, 2.05) is 6.07 Å². The van der Waals surface area contributed by atoms with Crippen molar-refractivity contribution < 1.29 is 28.6 Å². The Kier molecular flexibility index (Phi) is 7.60. The molecule has 0 saturated carbocycles. The van der Waals surface area contributed by atoms with Gasteiger partial charge in [-0.3, -0.25) is 15.4 Å². The molecule has 1 saturated heterocycles. The van der Waals surface area contributed by atoms with Gasteiger partial charge in [-0.2, -0.15) is 5.10 Å². The highest BCUT2D eigenvalue weighted by Crippen LogP contribution is 2.28. The van der Waals surface area contributed by atoms with Gasteiger partial charge >= 0.3 is 12.1 Å². The molecule has 0 aliphatic carbocycles. The van der Waals surface area contributed by atoms with Crippen LogP contribution in [0.4, 0.5) is 10.5 Å². The molecule has 11 heteroatoms. The number of nitrogens with one attached hydrogen (secondary N) is 2. The van der Waals surface area contributed by atoms with Crippen LogP contribution in [0.2, 0.25) is 0 Å². The van der Waals surface area contributed by atoms with Gasteiger partial charge in [-0.05, 0) is 47.7 Å². The van der Waals surface area contributed by atoms with Gasteiger partial charge in [0.25, 0.3) is 5.91 Å². The lowest BCUT2D eigenvalue weighted by molar-refractivity contribution is -0.135. The number of ether oxygens (including phenoxy) is 3. The predicted molar refractivity (Wildman–Crippen MR) is 120 cm³/mol. The van der Waals surface area contributed by atoms with Crippen LogP contribution in [0.5, 0.6) is 11.5 Å². The first-order valence-electron chi connectivity index (χ1n) is 9.10. The van der Waals surface area contributed by atoms with Gasteiger partial charge < -0.3 is 14.2 Å². The van der Waals surface area contributed by atoms with E-state index >= 15 is 0 Å². The lowest BCUT2D eigenvalue weighted by atomic mass is 10.2. The number of rotatable bonds is 6. The molecule has 0 bridgehead atoms. The number of hydrogen-bond donors (Lipinski definition) is 2. The summed E-state index contributed by atoms with van der Waals surface area (Å²) < 4.78 is 15.1. The standard InChI is InChI=1S/C21H18N4O6S/c1-29-16-10-13(8-9-15(16)31-21(28)23-14-6-4-3-5-7-14)12-22-25-20-24-19(27)17(32-20)11-18(26)30-2/h3-12H,1-2H3,(H,23,28)(H,24,25,27)/b17-11+,22-12?. The molecular weight excluding hydrogens is 436 g/mol. The molecule has 1 fully saturated rings. The highest BCUT2D eigenvalue weighted by Gasteiger charge is 2.25. The fourth-order valence-corrected chi connectivity index (χ4v) is 3.14. The Morgan fingerprint density at radius 2 is 1.88 bits per heavy atom. The minimum Gasteiger partial charge on any atom is -0.493 e. The fourth-order valence-electron chi connectivity index (χ4n) is 2.40. The normalized spacial score (nSPS) is 15.6. The summed E-state index contributed by atoms with van der Waals surface area (Å²) in [5.74, 6) is -0.567. The molecule has 0 unspecified atom stereocenters. The topological polar surface area (TPSA) is 128 Å². The van der Waals surface area contributed by atoms with Gasteiger partial charge in [-0.15, -0.1) is 5.10 Å².